The van der Waals surface area contributed by atoms with Gasteiger partial charge in [0, 0.05) is 17.6 Å². The van der Waals surface area contributed by atoms with Crippen LogP contribution in [0.25, 0.3) is 21.5 Å². The minimum Gasteiger partial charge on any atom is -0.126 e. The van der Waals surface area contributed by atoms with E-state index in [2.05, 4.69) is 81.2 Å². The molecule has 3 aromatic rings. The van der Waals surface area contributed by atoms with Gasteiger partial charge in [-0.15, -0.1) is 64.6 Å². The molecular formula is C20H29Cl2O2Si2Ti-3. The molecule has 0 aliphatic rings. The minimum atomic E-state index is -1.22. The van der Waals surface area contributed by atoms with E-state index in [-0.39, 0.29) is 43.2 Å². The van der Waals surface area contributed by atoms with Gasteiger partial charge in [0.05, 0.1) is 0 Å². The van der Waals surface area contributed by atoms with Gasteiger partial charge >= 0.3 is 23.7 Å². The number of fused-ring (bicyclic) bond motifs is 3. The summed E-state index contributed by atoms with van der Waals surface area (Å²) in [6, 6.07) is 19.3. The summed E-state index contributed by atoms with van der Waals surface area (Å²) in [4.78, 5) is 0. The number of halogens is 2. The van der Waals surface area contributed by atoms with E-state index in [0.717, 1.165) is 33.4 Å². The van der Waals surface area contributed by atoms with Crippen molar-refractivity contribution in [3.63, 3.8) is 0 Å². The number of benzene rings is 2. The van der Waals surface area contributed by atoms with Crippen LogP contribution in [0.1, 0.15) is 6.42 Å². The molecule has 0 saturated carbocycles. The van der Waals surface area contributed by atoms with Crippen LogP contribution in [0.5, 0.6) is 0 Å². The molecule has 0 aromatic heterocycles. The second-order valence-electron chi connectivity index (χ2n) is 6.13. The van der Waals surface area contributed by atoms with Crippen LogP contribution in [0.2, 0.25) is 19.6 Å². The third kappa shape index (κ3) is 12.1. The van der Waals surface area contributed by atoms with E-state index < -0.39 is 8.32 Å². The molecule has 0 amide bonds. The standard InChI is InChI=1S/C13H9.C6H15OSi.CH3.2ClH.O.Si.Ti/c1-3-7-12-10(5-1)9-11-6-2-4-8-13(11)12;1-5-6-7-8(2,3)4;;;;;;/h1-9H;1,5-6H2,2-4H3;1H3;2*1H;;;/q3*-1;;;;;. The van der Waals surface area contributed by atoms with Crippen molar-refractivity contribution in [2.75, 3.05) is 6.61 Å². The first kappa shape index (κ1) is 34.3. The number of rotatable bonds is 3. The normalized spacial score (nSPS) is 9.00. The zero-order chi connectivity index (χ0) is 17.3. The van der Waals surface area contributed by atoms with Gasteiger partial charge in [-0.25, -0.2) is 0 Å². The second-order valence-corrected chi connectivity index (χ2v) is 10.6. The van der Waals surface area contributed by atoms with Gasteiger partial charge in [0.1, 0.15) is 0 Å². The largest absolute Gasteiger partial charge is 0.126 e. The third-order valence-corrected chi connectivity index (χ3v) is 4.27. The van der Waals surface area contributed by atoms with Gasteiger partial charge in [0.25, 0.3) is 0 Å². The second kappa shape index (κ2) is 17.9. The molecular weight excluding hydrogens is 447 g/mol. The van der Waals surface area contributed by atoms with Crippen molar-refractivity contribution in [2.45, 2.75) is 26.1 Å². The van der Waals surface area contributed by atoms with Gasteiger partial charge in [-0.3, -0.25) is 0 Å². The summed E-state index contributed by atoms with van der Waals surface area (Å²) in [6.45, 7) is 11.1. The Bertz CT molecular complexity index is 680. The number of hydrogen-bond acceptors (Lipinski definition) is 2. The van der Waals surface area contributed by atoms with Crippen LogP contribution < -0.4 is 0 Å². The molecule has 27 heavy (non-hydrogen) atoms. The summed E-state index contributed by atoms with van der Waals surface area (Å²) in [7, 11) is -1.22. The Labute approximate surface area is 194 Å². The van der Waals surface area contributed by atoms with Gasteiger partial charge in [0.2, 0.25) is 0 Å². The molecule has 0 spiro atoms. The van der Waals surface area contributed by atoms with E-state index in [1.165, 1.54) is 21.5 Å². The number of hydrogen-bond donors (Lipinski definition) is 0. The van der Waals surface area contributed by atoms with Crippen molar-refractivity contribution in [1.82, 2.24) is 0 Å². The first-order valence-electron chi connectivity index (χ1n) is 7.68. The fraction of sp³-hybridized carbons (Fsp3) is 0.250. The van der Waals surface area contributed by atoms with Crippen LogP contribution in [0, 0.1) is 14.4 Å². The molecule has 0 atom stereocenters. The van der Waals surface area contributed by atoms with Crippen LogP contribution >= 0.6 is 24.8 Å². The average Bonchev–Trinajstić information content (AvgIpc) is 2.93. The molecule has 0 bridgehead atoms. The predicted octanol–water partition coefficient (Wildman–Crippen LogP) is 6.57. The Kier molecular flexibility index (Phi) is 22.7. The SMILES string of the molecule is Cl.Cl.[CH2-]CCO[Si](C)(C)C.[CH3-].[O]=[Ti].[Si].c1ccc2c(c1)[cH-]c1ccccc12. The Hall–Kier alpha value is -0.202. The predicted molar refractivity (Wildman–Crippen MR) is 124 cm³/mol. The molecule has 0 N–H and O–H groups in total. The van der Waals surface area contributed by atoms with E-state index in [1.54, 1.807) is 0 Å². The summed E-state index contributed by atoms with van der Waals surface area (Å²) in [6.07, 6.45) is 0.893. The first-order chi connectivity index (χ1) is 11.0. The summed E-state index contributed by atoms with van der Waals surface area (Å²) in [5.41, 5.74) is 0. The molecule has 0 aliphatic heterocycles. The van der Waals surface area contributed by atoms with Crippen LogP contribution in [-0.2, 0) is 28.2 Å². The Balaban J connectivity index is -0.000000170. The first-order valence-corrected chi connectivity index (χ1v) is 11.7. The smallest absolute Gasteiger partial charge is 0 e. The maximum Gasteiger partial charge on any atom is 0 e. The molecule has 0 unspecified atom stereocenters. The maximum absolute atomic E-state index is 8.25. The fourth-order valence-corrected chi connectivity index (χ4v) is 3.04. The molecule has 150 valence electrons. The Morgan fingerprint density at radius 2 is 1.30 bits per heavy atom. The van der Waals surface area contributed by atoms with Crippen molar-refractivity contribution in [1.29, 1.82) is 0 Å². The zero-order valence-electron chi connectivity index (χ0n) is 16.5. The molecule has 3 aromatic carbocycles. The van der Waals surface area contributed by atoms with Crippen molar-refractivity contribution in [2.24, 2.45) is 0 Å². The van der Waals surface area contributed by atoms with Gasteiger partial charge in [-0.2, -0.15) is 6.42 Å². The maximum atomic E-state index is 8.25. The quantitative estimate of drug-likeness (QED) is 0.316. The molecule has 4 radical (unpaired) electrons. The minimum absolute atomic E-state index is 0. The summed E-state index contributed by atoms with van der Waals surface area (Å²) < 4.78 is 13.7. The Morgan fingerprint density at radius 3 is 1.59 bits per heavy atom. The van der Waals surface area contributed by atoms with Crippen molar-refractivity contribution in [3.8, 4) is 0 Å². The summed E-state index contributed by atoms with van der Waals surface area (Å²) in [5, 5.41) is 5.39. The topological polar surface area (TPSA) is 26.3 Å². The summed E-state index contributed by atoms with van der Waals surface area (Å²) in [5.74, 6) is 0. The van der Waals surface area contributed by atoms with Gasteiger partial charge in [-0.1, -0.05) is 36.4 Å². The monoisotopic (exact) mass is 475 g/mol. The zero-order valence-corrected chi connectivity index (χ0v) is 21.6. The molecule has 3 rings (SSSR count). The molecule has 2 nitrogen and oxygen atoms in total. The van der Waals surface area contributed by atoms with E-state index >= 15 is 0 Å². The van der Waals surface area contributed by atoms with E-state index in [4.69, 9.17) is 7.75 Å². The molecule has 0 heterocycles. The Morgan fingerprint density at radius 1 is 0.926 bits per heavy atom. The van der Waals surface area contributed by atoms with Crippen LogP contribution in [0.15, 0.2) is 54.6 Å². The van der Waals surface area contributed by atoms with E-state index in [1.807, 2.05) is 0 Å². The van der Waals surface area contributed by atoms with Crippen LogP contribution in [-0.4, -0.2) is 25.9 Å². The van der Waals surface area contributed by atoms with E-state index in [0.29, 0.717) is 0 Å². The molecule has 0 saturated heterocycles. The third-order valence-electron chi connectivity index (χ3n) is 3.20. The van der Waals surface area contributed by atoms with E-state index in [9.17, 15) is 0 Å². The van der Waals surface area contributed by atoms with Gasteiger partial charge in [0.15, 0.2) is 8.32 Å². The molecule has 0 aliphatic carbocycles. The fourth-order valence-electron chi connectivity index (χ4n) is 2.28. The average molecular weight is 476 g/mol. The van der Waals surface area contributed by atoms with Gasteiger partial charge < -0.3 is 18.8 Å². The molecule has 0 fully saturated rings. The van der Waals surface area contributed by atoms with Gasteiger partial charge in [-0.05, 0) is 19.6 Å². The molecule has 7 heteroatoms. The van der Waals surface area contributed by atoms with Crippen molar-refractivity contribution < 1.29 is 28.2 Å². The van der Waals surface area contributed by atoms with Crippen LogP contribution in [0.4, 0.5) is 0 Å². The summed E-state index contributed by atoms with van der Waals surface area (Å²) >= 11 is 0.750. The van der Waals surface area contributed by atoms with Crippen molar-refractivity contribution >= 4 is 65.6 Å². The van der Waals surface area contributed by atoms with Crippen molar-refractivity contribution in [3.05, 3.63) is 68.9 Å². The van der Waals surface area contributed by atoms with Crippen LogP contribution in [0.3, 0.4) is 0 Å².